The van der Waals surface area contributed by atoms with Crippen molar-refractivity contribution in [2.24, 2.45) is 0 Å². The summed E-state index contributed by atoms with van der Waals surface area (Å²) in [4.78, 5) is 11.8. The average molecular weight is 270 g/mol. The minimum absolute atomic E-state index is 0.398. The molecule has 0 fully saturated rings. The van der Waals surface area contributed by atoms with Gasteiger partial charge in [-0.1, -0.05) is 30.3 Å². The Bertz CT molecular complexity index is 594. The van der Waals surface area contributed by atoms with Crippen molar-refractivity contribution in [3.63, 3.8) is 0 Å². The summed E-state index contributed by atoms with van der Waals surface area (Å²) < 4.78 is 5.34. The van der Waals surface area contributed by atoms with E-state index in [1.807, 2.05) is 36.4 Å². The van der Waals surface area contributed by atoms with Crippen LogP contribution in [0.4, 0.5) is 0 Å². The van der Waals surface area contributed by atoms with E-state index in [0.717, 1.165) is 11.1 Å². The zero-order valence-corrected chi connectivity index (χ0v) is 11.2. The average Bonchev–Trinajstić information content (AvgIpc) is 2.46. The molecule has 0 saturated heterocycles. The quantitative estimate of drug-likeness (QED) is 0.838. The second-order valence-electron chi connectivity index (χ2n) is 4.27. The fraction of sp³-hybridized carbons (Fsp3) is 0.125. The zero-order chi connectivity index (χ0) is 14.5. The van der Waals surface area contributed by atoms with E-state index < -0.39 is 12.1 Å². The van der Waals surface area contributed by atoms with Gasteiger partial charge in [0.15, 0.2) is 0 Å². The predicted octanol–water partition coefficient (Wildman–Crippen LogP) is 2.24. The number of carbonyl (C=O) groups is 1. The van der Waals surface area contributed by atoms with E-state index in [4.69, 9.17) is 9.84 Å². The van der Waals surface area contributed by atoms with Crippen molar-refractivity contribution < 1.29 is 14.6 Å². The molecule has 0 spiro atoms. The third-order valence-electron chi connectivity index (χ3n) is 2.85. The minimum atomic E-state index is -1.14. The topological polar surface area (TPSA) is 58.6 Å². The standard InChI is InChI=1S/C16H16NO3/c1-11(18)17-16(19)13-8-9-14(15(10-13)20-2)12-6-4-3-5-7-12/h3-11,18H,1H2,2H3,(H,17,19). The third-order valence-corrected chi connectivity index (χ3v) is 2.85. The number of ether oxygens (including phenoxy) is 1. The van der Waals surface area contributed by atoms with E-state index in [0.29, 0.717) is 11.3 Å². The Morgan fingerprint density at radius 3 is 2.55 bits per heavy atom. The van der Waals surface area contributed by atoms with Crippen LogP contribution >= 0.6 is 0 Å². The summed E-state index contributed by atoms with van der Waals surface area (Å²) in [6.45, 7) is 3.30. The predicted molar refractivity (Wildman–Crippen MR) is 77.3 cm³/mol. The first-order valence-corrected chi connectivity index (χ1v) is 6.17. The van der Waals surface area contributed by atoms with Gasteiger partial charge in [0.2, 0.25) is 0 Å². The summed E-state index contributed by atoms with van der Waals surface area (Å²) in [6, 6.07) is 14.9. The lowest BCUT2D eigenvalue weighted by Gasteiger charge is -2.12. The highest BCUT2D eigenvalue weighted by Crippen LogP contribution is 2.30. The summed E-state index contributed by atoms with van der Waals surface area (Å²) in [6.07, 6.45) is -1.14. The van der Waals surface area contributed by atoms with Gasteiger partial charge >= 0.3 is 0 Å². The van der Waals surface area contributed by atoms with Crippen LogP contribution in [0.2, 0.25) is 0 Å². The highest BCUT2D eigenvalue weighted by Gasteiger charge is 2.12. The van der Waals surface area contributed by atoms with E-state index in [9.17, 15) is 4.79 Å². The molecule has 1 unspecified atom stereocenters. The summed E-state index contributed by atoms with van der Waals surface area (Å²) in [7, 11) is 1.56. The van der Waals surface area contributed by atoms with Crippen molar-refractivity contribution >= 4 is 5.91 Å². The first kappa shape index (κ1) is 14.1. The van der Waals surface area contributed by atoms with Crippen molar-refractivity contribution in [3.8, 4) is 16.9 Å². The summed E-state index contributed by atoms with van der Waals surface area (Å²) in [5, 5.41) is 11.4. The maximum absolute atomic E-state index is 11.8. The summed E-state index contributed by atoms with van der Waals surface area (Å²) >= 11 is 0. The van der Waals surface area contributed by atoms with Gasteiger partial charge in [0.05, 0.1) is 7.11 Å². The van der Waals surface area contributed by atoms with E-state index in [2.05, 4.69) is 12.2 Å². The van der Waals surface area contributed by atoms with Gasteiger partial charge < -0.3 is 15.2 Å². The Balaban J connectivity index is 2.36. The molecule has 0 saturated carbocycles. The number of methoxy groups -OCH3 is 1. The molecule has 2 N–H and O–H groups in total. The molecule has 0 aliphatic heterocycles. The molecule has 1 amide bonds. The molecule has 0 aromatic heterocycles. The lowest BCUT2D eigenvalue weighted by atomic mass is 10.0. The first-order chi connectivity index (χ1) is 9.61. The van der Waals surface area contributed by atoms with Crippen LogP contribution < -0.4 is 10.1 Å². The normalized spacial score (nSPS) is 11.8. The van der Waals surface area contributed by atoms with Gasteiger partial charge in [-0.05, 0) is 30.7 Å². The Morgan fingerprint density at radius 2 is 1.95 bits per heavy atom. The fourth-order valence-electron chi connectivity index (χ4n) is 1.92. The van der Waals surface area contributed by atoms with Gasteiger partial charge in [0.25, 0.3) is 5.91 Å². The lowest BCUT2D eigenvalue weighted by molar-refractivity contribution is 0.0851. The van der Waals surface area contributed by atoms with Crippen LogP contribution in [0.5, 0.6) is 5.75 Å². The Labute approximate surface area is 118 Å². The van der Waals surface area contributed by atoms with Crippen LogP contribution in [0.3, 0.4) is 0 Å². The van der Waals surface area contributed by atoms with E-state index >= 15 is 0 Å². The van der Waals surface area contributed by atoms with Crippen LogP contribution in [0.25, 0.3) is 11.1 Å². The molecule has 0 aliphatic rings. The second-order valence-corrected chi connectivity index (χ2v) is 4.27. The van der Waals surface area contributed by atoms with Crippen LogP contribution in [0.1, 0.15) is 10.4 Å². The minimum Gasteiger partial charge on any atom is -0.496 e. The van der Waals surface area contributed by atoms with Crippen molar-refractivity contribution in [1.82, 2.24) is 5.32 Å². The van der Waals surface area contributed by atoms with Crippen molar-refractivity contribution in [2.45, 2.75) is 6.23 Å². The van der Waals surface area contributed by atoms with E-state index in [1.165, 1.54) is 0 Å². The third kappa shape index (κ3) is 3.16. The van der Waals surface area contributed by atoms with Crippen molar-refractivity contribution in [1.29, 1.82) is 0 Å². The monoisotopic (exact) mass is 270 g/mol. The Morgan fingerprint density at radius 1 is 1.25 bits per heavy atom. The maximum atomic E-state index is 11.8. The number of carbonyl (C=O) groups excluding carboxylic acids is 1. The number of rotatable bonds is 4. The molecule has 103 valence electrons. The number of aliphatic hydroxyl groups is 1. The SMILES string of the molecule is [CH2]C(O)NC(=O)c1ccc(-c2ccccc2)c(OC)c1. The molecule has 2 aromatic rings. The second kappa shape index (κ2) is 6.21. The zero-order valence-electron chi connectivity index (χ0n) is 11.2. The molecule has 0 aliphatic carbocycles. The molecular formula is C16H16NO3. The van der Waals surface area contributed by atoms with E-state index in [-0.39, 0.29) is 0 Å². The van der Waals surface area contributed by atoms with Gasteiger partial charge in [0, 0.05) is 11.1 Å². The highest BCUT2D eigenvalue weighted by molar-refractivity contribution is 5.95. The molecule has 1 radical (unpaired) electrons. The van der Waals surface area contributed by atoms with Crippen LogP contribution in [0, 0.1) is 6.92 Å². The lowest BCUT2D eigenvalue weighted by Crippen LogP contribution is -2.32. The number of amides is 1. The largest absolute Gasteiger partial charge is 0.496 e. The molecule has 1 atom stereocenters. The number of hydrogen-bond donors (Lipinski definition) is 2. The molecule has 4 heteroatoms. The summed E-state index contributed by atoms with van der Waals surface area (Å²) in [5.41, 5.74) is 2.32. The smallest absolute Gasteiger partial charge is 0.253 e. The Hall–Kier alpha value is -2.33. The van der Waals surface area contributed by atoms with Crippen LogP contribution in [-0.2, 0) is 0 Å². The van der Waals surface area contributed by atoms with Crippen molar-refractivity contribution in [2.75, 3.05) is 7.11 Å². The summed E-state index contributed by atoms with van der Waals surface area (Å²) in [5.74, 6) is 0.202. The van der Waals surface area contributed by atoms with Gasteiger partial charge in [0.1, 0.15) is 12.0 Å². The maximum Gasteiger partial charge on any atom is 0.253 e. The fourth-order valence-corrected chi connectivity index (χ4v) is 1.92. The molecule has 2 aromatic carbocycles. The molecule has 20 heavy (non-hydrogen) atoms. The van der Waals surface area contributed by atoms with Crippen molar-refractivity contribution in [3.05, 3.63) is 61.0 Å². The van der Waals surface area contributed by atoms with Crippen LogP contribution in [0.15, 0.2) is 48.5 Å². The molecule has 0 bridgehead atoms. The van der Waals surface area contributed by atoms with E-state index in [1.54, 1.807) is 19.2 Å². The van der Waals surface area contributed by atoms with Gasteiger partial charge in [-0.3, -0.25) is 4.79 Å². The number of aliphatic hydroxyl groups excluding tert-OH is 1. The highest BCUT2D eigenvalue weighted by atomic mass is 16.5. The number of nitrogens with one attached hydrogen (secondary N) is 1. The first-order valence-electron chi connectivity index (χ1n) is 6.17. The van der Waals surface area contributed by atoms with Gasteiger partial charge in [-0.15, -0.1) is 0 Å². The Kier molecular flexibility index (Phi) is 4.38. The van der Waals surface area contributed by atoms with Gasteiger partial charge in [-0.2, -0.15) is 0 Å². The molecule has 2 rings (SSSR count). The van der Waals surface area contributed by atoms with Crippen LogP contribution in [-0.4, -0.2) is 24.4 Å². The number of benzene rings is 2. The molecule has 0 heterocycles. The molecule has 4 nitrogen and oxygen atoms in total. The molecular weight excluding hydrogens is 254 g/mol. The number of hydrogen-bond acceptors (Lipinski definition) is 3. The van der Waals surface area contributed by atoms with Gasteiger partial charge in [-0.25, -0.2) is 0 Å².